The average molecular weight is 227 g/mol. The van der Waals surface area contributed by atoms with E-state index in [1.165, 1.54) is 11.3 Å². The number of thiophene rings is 1. The second-order valence-corrected chi connectivity index (χ2v) is 4.48. The first-order valence-corrected chi connectivity index (χ1v) is 5.21. The van der Waals surface area contributed by atoms with Crippen molar-refractivity contribution in [2.45, 2.75) is 6.92 Å². The van der Waals surface area contributed by atoms with Gasteiger partial charge in [-0.1, -0.05) is 23.2 Å². The number of carbonyl (C=O) groups is 1. The van der Waals surface area contributed by atoms with Crippen molar-refractivity contribution < 1.29 is 9.90 Å². The van der Waals surface area contributed by atoms with E-state index in [4.69, 9.17) is 16.7 Å². The molecule has 1 N–H and O–H groups in total. The van der Waals surface area contributed by atoms with Crippen LogP contribution in [0.1, 0.15) is 15.2 Å². The van der Waals surface area contributed by atoms with Gasteiger partial charge in [0.25, 0.3) is 0 Å². The predicted molar refractivity (Wildman–Crippen MR) is 58.5 cm³/mol. The first-order valence-electron chi connectivity index (χ1n) is 4.01. The Kier molecular flexibility index (Phi) is 2.21. The van der Waals surface area contributed by atoms with Crippen LogP contribution in [0.3, 0.4) is 0 Å². The highest BCUT2D eigenvalue weighted by molar-refractivity contribution is 7.21. The SMILES string of the molecule is Cc1ccc2sc(C(=O)O)c(Cl)c2c1. The maximum Gasteiger partial charge on any atom is 0.347 e. The normalized spacial score (nSPS) is 10.7. The Bertz CT molecular complexity index is 516. The summed E-state index contributed by atoms with van der Waals surface area (Å²) in [5.41, 5.74) is 1.08. The molecule has 0 unspecified atom stereocenters. The molecule has 2 aromatic rings. The van der Waals surface area contributed by atoms with Gasteiger partial charge in [0, 0.05) is 10.1 Å². The van der Waals surface area contributed by atoms with Crippen molar-refractivity contribution in [1.29, 1.82) is 0 Å². The van der Waals surface area contributed by atoms with Gasteiger partial charge in [-0.3, -0.25) is 0 Å². The minimum atomic E-state index is -0.964. The molecule has 0 saturated heterocycles. The first kappa shape index (κ1) is 9.49. The quantitative estimate of drug-likeness (QED) is 0.807. The molecule has 0 spiro atoms. The lowest BCUT2D eigenvalue weighted by Gasteiger charge is -1.92. The maximum atomic E-state index is 10.8. The number of carboxylic acid groups (broad SMARTS) is 1. The van der Waals surface area contributed by atoms with E-state index in [2.05, 4.69) is 0 Å². The van der Waals surface area contributed by atoms with Gasteiger partial charge >= 0.3 is 5.97 Å². The lowest BCUT2D eigenvalue weighted by molar-refractivity contribution is 0.0702. The van der Waals surface area contributed by atoms with Gasteiger partial charge in [-0.2, -0.15) is 0 Å². The van der Waals surface area contributed by atoms with Gasteiger partial charge in [0.15, 0.2) is 0 Å². The Balaban J connectivity index is 2.80. The van der Waals surface area contributed by atoms with Crippen LogP contribution in [-0.2, 0) is 0 Å². The molecule has 0 fully saturated rings. The molecule has 2 nitrogen and oxygen atoms in total. The van der Waals surface area contributed by atoms with Gasteiger partial charge in [-0.25, -0.2) is 4.79 Å². The van der Waals surface area contributed by atoms with Crippen molar-refractivity contribution in [2.75, 3.05) is 0 Å². The molecule has 0 aliphatic carbocycles. The third-order valence-corrected chi connectivity index (χ3v) is 3.64. The summed E-state index contributed by atoms with van der Waals surface area (Å²) in [6.45, 7) is 1.95. The molecule has 1 aromatic heterocycles. The molecule has 1 heterocycles. The third-order valence-electron chi connectivity index (χ3n) is 1.98. The minimum absolute atomic E-state index is 0.215. The van der Waals surface area contributed by atoms with Crippen molar-refractivity contribution in [1.82, 2.24) is 0 Å². The summed E-state index contributed by atoms with van der Waals surface area (Å²) in [7, 11) is 0. The smallest absolute Gasteiger partial charge is 0.347 e. The Morgan fingerprint density at radius 2 is 2.21 bits per heavy atom. The van der Waals surface area contributed by atoms with E-state index in [1.54, 1.807) is 0 Å². The Hall–Kier alpha value is -1.06. The number of fused-ring (bicyclic) bond motifs is 1. The van der Waals surface area contributed by atoms with Crippen LogP contribution in [-0.4, -0.2) is 11.1 Å². The number of hydrogen-bond acceptors (Lipinski definition) is 2. The molecule has 0 atom stereocenters. The molecule has 72 valence electrons. The highest BCUT2D eigenvalue weighted by atomic mass is 35.5. The van der Waals surface area contributed by atoms with Gasteiger partial charge < -0.3 is 5.11 Å². The van der Waals surface area contributed by atoms with Crippen molar-refractivity contribution in [3.63, 3.8) is 0 Å². The molecule has 0 radical (unpaired) electrons. The third kappa shape index (κ3) is 1.38. The monoisotopic (exact) mass is 226 g/mol. The van der Waals surface area contributed by atoms with Gasteiger partial charge in [-0.15, -0.1) is 11.3 Å². The van der Waals surface area contributed by atoms with E-state index in [1.807, 2.05) is 25.1 Å². The zero-order valence-electron chi connectivity index (χ0n) is 7.37. The Labute approximate surface area is 89.7 Å². The van der Waals surface area contributed by atoms with Gasteiger partial charge in [-0.05, 0) is 19.1 Å². The fraction of sp³-hybridized carbons (Fsp3) is 0.100. The van der Waals surface area contributed by atoms with Crippen molar-refractivity contribution in [3.05, 3.63) is 33.7 Å². The summed E-state index contributed by atoms with van der Waals surface area (Å²) in [5, 5.41) is 10.0. The second-order valence-electron chi connectivity index (χ2n) is 3.05. The fourth-order valence-corrected chi connectivity index (χ4v) is 2.64. The average Bonchev–Trinajstić information content (AvgIpc) is 2.44. The maximum absolute atomic E-state index is 10.8. The number of hydrogen-bond donors (Lipinski definition) is 1. The van der Waals surface area contributed by atoms with E-state index in [0.717, 1.165) is 15.6 Å². The van der Waals surface area contributed by atoms with E-state index >= 15 is 0 Å². The lowest BCUT2D eigenvalue weighted by atomic mass is 10.2. The summed E-state index contributed by atoms with van der Waals surface area (Å²) < 4.78 is 0.915. The Morgan fingerprint density at radius 3 is 2.86 bits per heavy atom. The van der Waals surface area contributed by atoms with Crippen LogP contribution in [0.25, 0.3) is 10.1 Å². The summed E-state index contributed by atoms with van der Waals surface area (Å²) in [6, 6.07) is 5.75. The number of halogens is 1. The van der Waals surface area contributed by atoms with Crippen LogP contribution < -0.4 is 0 Å². The topological polar surface area (TPSA) is 37.3 Å². The predicted octanol–water partition coefficient (Wildman–Crippen LogP) is 3.56. The molecular formula is C10H7ClO2S. The van der Waals surface area contributed by atoms with Crippen molar-refractivity contribution in [2.24, 2.45) is 0 Å². The number of aryl methyl sites for hydroxylation is 1. The van der Waals surface area contributed by atoms with Crippen LogP contribution in [0.2, 0.25) is 5.02 Å². The van der Waals surface area contributed by atoms with Crippen LogP contribution in [0.5, 0.6) is 0 Å². The van der Waals surface area contributed by atoms with Crippen LogP contribution >= 0.6 is 22.9 Å². The highest BCUT2D eigenvalue weighted by Crippen LogP contribution is 2.35. The largest absolute Gasteiger partial charge is 0.477 e. The summed E-state index contributed by atoms with van der Waals surface area (Å²) in [4.78, 5) is 11.0. The highest BCUT2D eigenvalue weighted by Gasteiger charge is 2.15. The van der Waals surface area contributed by atoms with E-state index < -0.39 is 5.97 Å². The molecule has 0 aliphatic rings. The van der Waals surface area contributed by atoms with Crippen LogP contribution in [0.4, 0.5) is 0 Å². The van der Waals surface area contributed by atoms with E-state index in [9.17, 15) is 4.79 Å². The van der Waals surface area contributed by atoms with Crippen LogP contribution in [0, 0.1) is 6.92 Å². The first-order chi connectivity index (χ1) is 6.59. The fourth-order valence-electron chi connectivity index (χ4n) is 1.32. The number of benzene rings is 1. The lowest BCUT2D eigenvalue weighted by Crippen LogP contribution is -1.91. The molecular weight excluding hydrogens is 220 g/mol. The van der Waals surface area contributed by atoms with E-state index in [-0.39, 0.29) is 4.88 Å². The zero-order valence-corrected chi connectivity index (χ0v) is 8.95. The summed E-state index contributed by atoms with van der Waals surface area (Å²) in [6.07, 6.45) is 0. The molecule has 0 amide bonds. The molecule has 0 aliphatic heterocycles. The molecule has 14 heavy (non-hydrogen) atoms. The van der Waals surface area contributed by atoms with Gasteiger partial charge in [0.1, 0.15) is 4.88 Å². The van der Waals surface area contributed by atoms with Gasteiger partial charge in [0.05, 0.1) is 5.02 Å². The standard InChI is InChI=1S/C10H7ClO2S/c1-5-2-3-7-6(4-5)8(11)9(14-7)10(12)13/h2-4H,1H3,(H,12,13). The number of rotatable bonds is 1. The summed E-state index contributed by atoms with van der Waals surface area (Å²) in [5.74, 6) is -0.964. The Morgan fingerprint density at radius 1 is 1.50 bits per heavy atom. The van der Waals surface area contributed by atoms with Crippen LogP contribution in [0.15, 0.2) is 18.2 Å². The number of aromatic carboxylic acids is 1. The zero-order chi connectivity index (χ0) is 10.3. The van der Waals surface area contributed by atoms with Gasteiger partial charge in [0.2, 0.25) is 0 Å². The van der Waals surface area contributed by atoms with Crippen molar-refractivity contribution >= 4 is 39.0 Å². The molecule has 4 heteroatoms. The molecule has 1 aromatic carbocycles. The minimum Gasteiger partial charge on any atom is -0.477 e. The van der Waals surface area contributed by atoms with E-state index in [0.29, 0.717) is 5.02 Å². The second kappa shape index (κ2) is 3.26. The molecule has 0 bridgehead atoms. The summed E-state index contributed by atoms with van der Waals surface area (Å²) >= 11 is 7.16. The molecule has 0 saturated carbocycles. The van der Waals surface area contributed by atoms with Crippen molar-refractivity contribution in [3.8, 4) is 0 Å². The number of carboxylic acids is 1. The molecule has 2 rings (SSSR count).